The van der Waals surface area contributed by atoms with Gasteiger partial charge in [-0.1, -0.05) is 48.8 Å². The Bertz CT molecular complexity index is 1200. The van der Waals surface area contributed by atoms with Gasteiger partial charge in [-0.05, 0) is 42.8 Å². The lowest BCUT2D eigenvalue weighted by atomic mass is 9.95. The van der Waals surface area contributed by atoms with Gasteiger partial charge in [-0.3, -0.25) is 4.79 Å². The van der Waals surface area contributed by atoms with E-state index in [9.17, 15) is 9.59 Å². The van der Waals surface area contributed by atoms with Gasteiger partial charge in [-0.25, -0.2) is 9.78 Å². The highest BCUT2D eigenvalue weighted by atomic mass is 79.9. The first-order valence-electron chi connectivity index (χ1n) is 9.84. The molecule has 0 fully saturated rings. The Kier molecular flexibility index (Phi) is 6.90. The second kappa shape index (κ2) is 9.43. The minimum Gasteiger partial charge on any atom is -0.482 e. The third kappa shape index (κ3) is 5.58. The van der Waals surface area contributed by atoms with E-state index in [1.807, 2.05) is 39.0 Å². The predicted octanol–water partition coefficient (Wildman–Crippen LogP) is 4.28. The Labute approximate surface area is 188 Å². The average molecular weight is 486 g/mol. The van der Waals surface area contributed by atoms with Gasteiger partial charge >= 0.3 is 5.97 Å². The van der Waals surface area contributed by atoms with E-state index in [2.05, 4.69) is 21.0 Å². The zero-order valence-electron chi connectivity index (χ0n) is 17.9. The zero-order chi connectivity index (χ0) is 22.6. The van der Waals surface area contributed by atoms with E-state index >= 15 is 0 Å². The number of carbonyl (C=O) groups excluding carboxylic acids is 1. The van der Waals surface area contributed by atoms with Crippen LogP contribution >= 0.6 is 15.9 Å². The van der Waals surface area contributed by atoms with Gasteiger partial charge in [0.2, 0.25) is 0 Å². The van der Waals surface area contributed by atoms with E-state index in [1.165, 1.54) is 4.68 Å². The molecule has 0 aliphatic carbocycles. The van der Waals surface area contributed by atoms with Crippen molar-refractivity contribution in [3.63, 3.8) is 0 Å². The molecule has 162 valence electrons. The summed E-state index contributed by atoms with van der Waals surface area (Å²) >= 11 is 3.41. The maximum absolute atomic E-state index is 13.2. The van der Waals surface area contributed by atoms with E-state index < -0.39 is 11.4 Å². The summed E-state index contributed by atoms with van der Waals surface area (Å²) in [5.41, 5.74) is 0.686. The van der Waals surface area contributed by atoms with Crippen molar-refractivity contribution in [2.24, 2.45) is 5.10 Å². The molecule has 0 N–H and O–H groups in total. The number of carbonyl (C=O) groups is 1. The molecule has 0 amide bonds. The summed E-state index contributed by atoms with van der Waals surface area (Å²) in [4.78, 5) is 29.4. The van der Waals surface area contributed by atoms with Crippen LogP contribution in [0.25, 0.3) is 10.9 Å². The predicted molar refractivity (Wildman–Crippen MR) is 124 cm³/mol. The van der Waals surface area contributed by atoms with E-state index in [4.69, 9.17) is 14.5 Å². The van der Waals surface area contributed by atoms with Crippen LogP contribution < -0.4 is 10.3 Å². The molecule has 0 aliphatic rings. The Hall–Kier alpha value is -3.00. The molecule has 3 rings (SSSR count). The summed E-state index contributed by atoms with van der Waals surface area (Å²) in [6.07, 6.45) is 1.57. The topological polar surface area (TPSA) is 82.8 Å². The van der Waals surface area contributed by atoms with Crippen molar-refractivity contribution in [3.8, 4) is 5.75 Å². The standard InChI is InChI=1S/C23H24BrN3O4/c1-5-30-20(28)14-31-17-8-6-7-15(11-17)13-25-27-21(29)18-12-16(24)9-10-19(18)26-22(27)23(2,3)4/h6-13H,5,14H2,1-4H3. The van der Waals surface area contributed by atoms with Crippen LogP contribution in [0.15, 0.2) is 56.8 Å². The first-order chi connectivity index (χ1) is 14.7. The maximum atomic E-state index is 13.2. The van der Waals surface area contributed by atoms with Crippen LogP contribution in [0, 0.1) is 0 Å². The molecule has 0 radical (unpaired) electrons. The van der Waals surface area contributed by atoms with Crippen LogP contribution in [0.2, 0.25) is 0 Å². The zero-order valence-corrected chi connectivity index (χ0v) is 19.5. The molecular formula is C23H24BrN3O4. The molecule has 7 nitrogen and oxygen atoms in total. The lowest BCUT2D eigenvalue weighted by Crippen LogP contribution is -2.29. The summed E-state index contributed by atoms with van der Waals surface area (Å²) in [6.45, 7) is 7.81. The fraction of sp³-hybridized carbons (Fsp3) is 0.304. The van der Waals surface area contributed by atoms with Gasteiger partial charge in [0.15, 0.2) is 6.61 Å². The second-order valence-corrected chi connectivity index (χ2v) is 8.79. The number of ether oxygens (including phenoxy) is 2. The number of nitrogens with zero attached hydrogens (tertiary/aromatic N) is 3. The molecule has 31 heavy (non-hydrogen) atoms. The summed E-state index contributed by atoms with van der Waals surface area (Å²) in [5.74, 6) is 0.621. The number of aromatic nitrogens is 2. The third-order valence-electron chi connectivity index (χ3n) is 4.32. The average Bonchev–Trinajstić information content (AvgIpc) is 2.71. The molecule has 0 saturated heterocycles. The van der Waals surface area contributed by atoms with Gasteiger partial charge in [0.25, 0.3) is 5.56 Å². The van der Waals surface area contributed by atoms with Crippen LogP contribution in [0.3, 0.4) is 0 Å². The van der Waals surface area contributed by atoms with Crippen molar-refractivity contribution < 1.29 is 14.3 Å². The van der Waals surface area contributed by atoms with Gasteiger partial charge < -0.3 is 9.47 Å². The number of fused-ring (bicyclic) bond motifs is 1. The Morgan fingerprint density at radius 2 is 2.00 bits per heavy atom. The smallest absolute Gasteiger partial charge is 0.344 e. The van der Waals surface area contributed by atoms with E-state index in [1.54, 1.807) is 37.4 Å². The van der Waals surface area contributed by atoms with Gasteiger partial charge in [0, 0.05) is 9.89 Å². The summed E-state index contributed by atoms with van der Waals surface area (Å²) in [6, 6.07) is 12.5. The molecule has 2 aromatic carbocycles. The lowest BCUT2D eigenvalue weighted by Gasteiger charge is -2.20. The van der Waals surface area contributed by atoms with E-state index in [0.29, 0.717) is 34.6 Å². The number of esters is 1. The van der Waals surface area contributed by atoms with Gasteiger partial charge in [0.1, 0.15) is 11.6 Å². The number of benzene rings is 2. The van der Waals surface area contributed by atoms with Crippen molar-refractivity contribution in [2.45, 2.75) is 33.1 Å². The largest absolute Gasteiger partial charge is 0.482 e. The van der Waals surface area contributed by atoms with Gasteiger partial charge in [-0.2, -0.15) is 9.78 Å². The third-order valence-corrected chi connectivity index (χ3v) is 4.81. The number of hydrogen-bond donors (Lipinski definition) is 0. The minimum atomic E-state index is -0.434. The number of halogens is 1. The van der Waals surface area contributed by atoms with Crippen LogP contribution in [0.4, 0.5) is 0 Å². The Balaban J connectivity index is 1.97. The van der Waals surface area contributed by atoms with Crippen molar-refractivity contribution in [2.75, 3.05) is 13.2 Å². The van der Waals surface area contributed by atoms with Crippen LogP contribution in [0.1, 0.15) is 39.1 Å². The lowest BCUT2D eigenvalue weighted by molar-refractivity contribution is -0.145. The fourth-order valence-corrected chi connectivity index (χ4v) is 3.26. The highest BCUT2D eigenvalue weighted by Crippen LogP contribution is 2.23. The van der Waals surface area contributed by atoms with Crippen LogP contribution in [-0.2, 0) is 14.9 Å². The monoisotopic (exact) mass is 485 g/mol. The Morgan fingerprint density at radius 3 is 2.71 bits per heavy atom. The number of rotatable bonds is 6. The summed E-state index contributed by atoms with van der Waals surface area (Å²) in [5, 5.41) is 4.92. The number of hydrogen-bond acceptors (Lipinski definition) is 6. The molecule has 3 aromatic rings. The van der Waals surface area contributed by atoms with Crippen molar-refractivity contribution in [3.05, 3.63) is 68.7 Å². The SMILES string of the molecule is CCOC(=O)COc1cccc(C=Nn2c(C(C)(C)C)nc3ccc(Br)cc3c2=O)c1. The van der Waals surface area contributed by atoms with Crippen molar-refractivity contribution in [1.82, 2.24) is 9.66 Å². The van der Waals surface area contributed by atoms with Crippen molar-refractivity contribution in [1.29, 1.82) is 0 Å². The van der Waals surface area contributed by atoms with Gasteiger partial charge in [0.05, 0.1) is 23.7 Å². The molecule has 0 spiro atoms. The molecule has 1 heterocycles. The van der Waals surface area contributed by atoms with Gasteiger partial charge in [-0.15, -0.1) is 0 Å². The van der Waals surface area contributed by atoms with E-state index in [-0.39, 0.29) is 12.2 Å². The Morgan fingerprint density at radius 1 is 1.23 bits per heavy atom. The molecule has 1 aromatic heterocycles. The molecule has 0 atom stereocenters. The van der Waals surface area contributed by atoms with E-state index in [0.717, 1.165) is 4.47 Å². The van der Waals surface area contributed by atoms with Crippen molar-refractivity contribution >= 4 is 39.0 Å². The molecular weight excluding hydrogens is 462 g/mol. The molecule has 8 heteroatoms. The molecule has 0 saturated carbocycles. The highest BCUT2D eigenvalue weighted by Gasteiger charge is 2.22. The molecule has 0 unspecified atom stereocenters. The second-order valence-electron chi connectivity index (χ2n) is 7.87. The first-order valence-corrected chi connectivity index (χ1v) is 10.6. The van der Waals surface area contributed by atoms with Crippen LogP contribution in [-0.4, -0.2) is 35.1 Å². The maximum Gasteiger partial charge on any atom is 0.344 e. The first kappa shape index (κ1) is 22.7. The molecule has 0 bridgehead atoms. The normalized spacial score (nSPS) is 11.8. The fourth-order valence-electron chi connectivity index (χ4n) is 2.90. The minimum absolute atomic E-state index is 0.175. The highest BCUT2D eigenvalue weighted by molar-refractivity contribution is 9.10. The van der Waals surface area contributed by atoms with Crippen LogP contribution in [0.5, 0.6) is 5.75 Å². The quantitative estimate of drug-likeness (QED) is 0.384. The summed E-state index contributed by atoms with van der Waals surface area (Å²) < 4.78 is 12.5. The molecule has 0 aliphatic heterocycles. The summed E-state index contributed by atoms with van der Waals surface area (Å²) in [7, 11) is 0.